The second-order valence-electron chi connectivity index (χ2n) is 4.51. The predicted molar refractivity (Wildman–Crippen MR) is 74.1 cm³/mol. The van der Waals surface area contributed by atoms with Gasteiger partial charge in [0.15, 0.2) is 0 Å². The number of rotatable bonds is 5. The average Bonchev–Trinajstić information content (AvgIpc) is 2.36. The van der Waals surface area contributed by atoms with Crippen molar-refractivity contribution in [2.24, 2.45) is 0 Å². The van der Waals surface area contributed by atoms with Crippen LogP contribution in [-0.2, 0) is 6.54 Å². The minimum absolute atomic E-state index is 0.0953. The Balaban J connectivity index is 2.05. The number of aryl methyl sites for hydroxylation is 1. The van der Waals surface area contributed by atoms with Gasteiger partial charge in [-0.25, -0.2) is 4.98 Å². The Morgan fingerprint density at radius 2 is 2.11 bits per heavy atom. The van der Waals surface area contributed by atoms with Crippen LogP contribution >= 0.6 is 0 Å². The molecule has 2 rings (SSSR count). The number of aromatic nitrogens is 3. The lowest BCUT2D eigenvalue weighted by Crippen LogP contribution is -2.10. The smallest absolute Gasteiger partial charge is 0.226 e. The maximum absolute atomic E-state index is 5.58. The molecule has 0 saturated carbocycles. The van der Waals surface area contributed by atoms with Crippen LogP contribution < -0.4 is 10.1 Å². The molecule has 0 aliphatic heterocycles. The summed E-state index contributed by atoms with van der Waals surface area (Å²) in [6.45, 7) is 6.45. The molecule has 2 aromatic rings. The highest BCUT2D eigenvalue weighted by molar-refractivity contribution is 5.31. The molecule has 5 nitrogen and oxygen atoms in total. The van der Waals surface area contributed by atoms with Gasteiger partial charge >= 0.3 is 0 Å². The number of pyridine rings is 1. The maximum Gasteiger partial charge on any atom is 0.226 e. The number of nitrogens with one attached hydrogen (secondary N) is 1. The molecule has 2 heterocycles. The number of anilines is 1. The van der Waals surface area contributed by atoms with Gasteiger partial charge in [0.05, 0.1) is 18.3 Å². The van der Waals surface area contributed by atoms with Gasteiger partial charge in [-0.2, -0.15) is 4.98 Å². The maximum atomic E-state index is 5.58. The minimum atomic E-state index is 0.0953. The van der Waals surface area contributed by atoms with Crippen molar-refractivity contribution in [1.82, 2.24) is 15.0 Å². The third-order valence-corrected chi connectivity index (χ3v) is 2.34. The molecule has 0 spiro atoms. The lowest BCUT2D eigenvalue weighted by molar-refractivity contribution is 0.232. The van der Waals surface area contributed by atoms with Crippen molar-refractivity contribution < 1.29 is 4.74 Å². The summed E-state index contributed by atoms with van der Waals surface area (Å²) in [5.74, 6) is 1.15. The highest BCUT2D eigenvalue weighted by atomic mass is 16.5. The molecule has 0 bridgehead atoms. The minimum Gasteiger partial charge on any atom is -0.475 e. The van der Waals surface area contributed by atoms with Crippen LogP contribution in [0.4, 0.5) is 5.95 Å². The van der Waals surface area contributed by atoms with E-state index in [1.165, 1.54) is 0 Å². The lowest BCUT2D eigenvalue weighted by Gasteiger charge is -2.11. The van der Waals surface area contributed by atoms with E-state index < -0.39 is 0 Å². The van der Waals surface area contributed by atoms with Crippen LogP contribution in [0, 0.1) is 6.92 Å². The van der Waals surface area contributed by atoms with Crippen LogP contribution in [0.15, 0.2) is 30.5 Å². The Kier molecular flexibility index (Phi) is 4.28. The van der Waals surface area contributed by atoms with Crippen LogP contribution in [-0.4, -0.2) is 21.1 Å². The molecule has 0 atom stereocenters. The summed E-state index contributed by atoms with van der Waals surface area (Å²) in [5.41, 5.74) is 1.81. The molecule has 2 aromatic heterocycles. The van der Waals surface area contributed by atoms with Crippen LogP contribution in [0.25, 0.3) is 0 Å². The van der Waals surface area contributed by atoms with E-state index in [2.05, 4.69) is 20.3 Å². The molecule has 0 aliphatic rings. The van der Waals surface area contributed by atoms with Crippen molar-refractivity contribution in [3.8, 4) is 5.88 Å². The fraction of sp³-hybridized carbons (Fsp3) is 0.357. The second-order valence-corrected chi connectivity index (χ2v) is 4.51. The molecular weight excluding hydrogens is 240 g/mol. The number of ether oxygens (including phenoxy) is 1. The summed E-state index contributed by atoms with van der Waals surface area (Å²) >= 11 is 0. The average molecular weight is 258 g/mol. The van der Waals surface area contributed by atoms with Gasteiger partial charge in [0, 0.05) is 18.0 Å². The van der Waals surface area contributed by atoms with Gasteiger partial charge in [-0.3, -0.25) is 4.98 Å². The van der Waals surface area contributed by atoms with Crippen LogP contribution in [0.1, 0.15) is 25.2 Å². The van der Waals surface area contributed by atoms with Crippen LogP contribution in [0.5, 0.6) is 5.88 Å². The number of hydrogen-bond acceptors (Lipinski definition) is 5. The molecule has 1 N–H and O–H groups in total. The molecule has 100 valence electrons. The fourth-order valence-electron chi connectivity index (χ4n) is 1.59. The van der Waals surface area contributed by atoms with E-state index in [1.807, 2.05) is 45.0 Å². The third kappa shape index (κ3) is 4.21. The highest BCUT2D eigenvalue weighted by Crippen LogP contribution is 2.13. The summed E-state index contributed by atoms with van der Waals surface area (Å²) in [6.07, 6.45) is 1.86. The van der Waals surface area contributed by atoms with E-state index >= 15 is 0 Å². The van der Waals surface area contributed by atoms with Gasteiger partial charge in [0.1, 0.15) is 0 Å². The van der Waals surface area contributed by atoms with Crippen molar-refractivity contribution in [2.45, 2.75) is 33.4 Å². The van der Waals surface area contributed by atoms with Crippen molar-refractivity contribution in [3.63, 3.8) is 0 Å². The van der Waals surface area contributed by atoms with E-state index in [9.17, 15) is 0 Å². The first-order valence-corrected chi connectivity index (χ1v) is 6.29. The molecule has 0 amide bonds. The monoisotopic (exact) mass is 258 g/mol. The van der Waals surface area contributed by atoms with Gasteiger partial charge in [-0.1, -0.05) is 6.07 Å². The summed E-state index contributed by atoms with van der Waals surface area (Å²) in [5, 5.41) is 3.15. The van der Waals surface area contributed by atoms with E-state index in [-0.39, 0.29) is 6.10 Å². The first-order chi connectivity index (χ1) is 9.13. The summed E-state index contributed by atoms with van der Waals surface area (Å²) in [6, 6.07) is 7.62. The summed E-state index contributed by atoms with van der Waals surface area (Å²) in [7, 11) is 0. The lowest BCUT2D eigenvalue weighted by atomic mass is 10.3. The number of nitrogens with zero attached hydrogens (tertiary/aromatic N) is 3. The van der Waals surface area contributed by atoms with Crippen molar-refractivity contribution in [3.05, 3.63) is 41.9 Å². The Labute approximate surface area is 113 Å². The fourth-order valence-corrected chi connectivity index (χ4v) is 1.59. The normalized spacial score (nSPS) is 10.5. The zero-order valence-corrected chi connectivity index (χ0v) is 11.4. The van der Waals surface area contributed by atoms with Crippen molar-refractivity contribution >= 4 is 5.95 Å². The molecule has 19 heavy (non-hydrogen) atoms. The topological polar surface area (TPSA) is 59.9 Å². The zero-order valence-electron chi connectivity index (χ0n) is 11.4. The standard InChI is InChI=1S/C14H18N4O/c1-10(2)19-13-8-11(3)17-14(18-13)16-9-12-6-4-5-7-15-12/h4-8,10H,9H2,1-3H3,(H,16,17,18). The Bertz CT molecular complexity index is 528. The van der Waals surface area contributed by atoms with E-state index in [0.29, 0.717) is 18.4 Å². The first-order valence-electron chi connectivity index (χ1n) is 6.29. The Morgan fingerprint density at radius 3 is 2.79 bits per heavy atom. The van der Waals surface area contributed by atoms with E-state index in [0.717, 1.165) is 11.4 Å². The molecule has 0 aromatic carbocycles. The third-order valence-electron chi connectivity index (χ3n) is 2.34. The molecule has 5 heteroatoms. The van der Waals surface area contributed by atoms with Gasteiger partial charge in [0.2, 0.25) is 11.8 Å². The van der Waals surface area contributed by atoms with Crippen molar-refractivity contribution in [1.29, 1.82) is 0 Å². The summed E-state index contributed by atoms with van der Waals surface area (Å²) in [4.78, 5) is 12.9. The predicted octanol–water partition coefficient (Wildman–Crippen LogP) is 2.58. The molecule has 0 fully saturated rings. The molecule has 0 unspecified atom stereocenters. The molecule has 0 aliphatic carbocycles. The Morgan fingerprint density at radius 1 is 1.26 bits per heavy atom. The first kappa shape index (κ1) is 13.3. The van der Waals surface area contributed by atoms with E-state index in [1.54, 1.807) is 6.20 Å². The van der Waals surface area contributed by atoms with Gasteiger partial charge in [-0.05, 0) is 32.9 Å². The van der Waals surface area contributed by atoms with Gasteiger partial charge in [-0.15, -0.1) is 0 Å². The molecule has 0 radical (unpaired) electrons. The SMILES string of the molecule is Cc1cc(OC(C)C)nc(NCc2ccccn2)n1. The zero-order chi connectivity index (χ0) is 13.7. The highest BCUT2D eigenvalue weighted by Gasteiger charge is 2.05. The second kappa shape index (κ2) is 6.13. The number of hydrogen-bond donors (Lipinski definition) is 1. The van der Waals surface area contributed by atoms with Crippen LogP contribution in [0.3, 0.4) is 0 Å². The van der Waals surface area contributed by atoms with Gasteiger partial charge < -0.3 is 10.1 Å². The van der Waals surface area contributed by atoms with E-state index in [4.69, 9.17) is 4.74 Å². The Hall–Kier alpha value is -2.17. The largest absolute Gasteiger partial charge is 0.475 e. The molecule has 0 saturated heterocycles. The quantitative estimate of drug-likeness (QED) is 0.893. The summed E-state index contributed by atoms with van der Waals surface area (Å²) < 4.78 is 5.58. The molecular formula is C14H18N4O. The van der Waals surface area contributed by atoms with Gasteiger partial charge in [0.25, 0.3) is 0 Å². The van der Waals surface area contributed by atoms with Crippen LogP contribution in [0.2, 0.25) is 0 Å². The van der Waals surface area contributed by atoms with Crippen molar-refractivity contribution in [2.75, 3.05) is 5.32 Å².